The van der Waals surface area contributed by atoms with Crippen LogP contribution in [-0.2, 0) is 0 Å². The molecule has 0 bridgehead atoms. The van der Waals surface area contributed by atoms with E-state index < -0.39 is 0 Å². The van der Waals surface area contributed by atoms with E-state index in [-0.39, 0.29) is 11.8 Å². The van der Waals surface area contributed by atoms with Crippen molar-refractivity contribution in [1.82, 2.24) is 14.4 Å². The molecular weight excluding hydrogens is 314 g/mol. The number of hydrogen-bond acceptors (Lipinski definition) is 3. The summed E-state index contributed by atoms with van der Waals surface area (Å²) in [4.78, 5) is 28.9. The Morgan fingerprint density at radius 2 is 1.87 bits per heavy atom. The van der Waals surface area contributed by atoms with Crippen LogP contribution in [0.2, 0.25) is 5.02 Å². The van der Waals surface area contributed by atoms with Crippen LogP contribution < -0.4 is 0 Å². The fourth-order valence-electron chi connectivity index (χ4n) is 3.07. The van der Waals surface area contributed by atoms with Crippen molar-refractivity contribution in [1.29, 1.82) is 0 Å². The fraction of sp³-hybridized carbons (Fsp3) is 0.412. The summed E-state index contributed by atoms with van der Waals surface area (Å²) in [6.07, 6.45) is 1.64. The second-order valence-electron chi connectivity index (χ2n) is 5.82. The molecule has 1 aliphatic rings. The lowest BCUT2D eigenvalue weighted by Crippen LogP contribution is -2.48. The van der Waals surface area contributed by atoms with Crippen molar-refractivity contribution in [2.24, 2.45) is 0 Å². The largest absolute Gasteiger partial charge is 0.336 e. The lowest BCUT2D eigenvalue weighted by atomic mass is 10.1. The van der Waals surface area contributed by atoms with Crippen LogP contribution in [0.4, 0.5) is 0 Å². The van der Waals surface area contributed by atoms with Gasteiger partial charge in [-0.2, -0.15) is 0 Å². The van der Waals surface area contributed by atoms with Gasteiger partial charge >= 0.3 is 0 Å². The molecule has 1 aromatic carbocycles. The maximum absolute atomic E-state index is 12.9. The molecule has 5 nitrogen and oxygen atoms in total. The van der Waals surface area contributed by atoms with Crippen LogP contribution in [-0.4, -0.2) is 58.9 Å². The molecule has 0 radical (unpaired) electrons. The third kappa shape index (κ3) is 2.99. The molecule has 0 aliphatic carbocycles. The number of benzene rings is 1. The van der Waals surface area contributed by atoms with E-state index in [9.17, 15) is 9.59 Å². The third-order valence-corrected chi connectivity index (χ3v) is 4.68. The molecule has 1 aliphatic heterocycles. The highest BCUT2D eigenvalue weighted by Gasteiger charge is 2.25. The van der Waals surface area contributed by atoms with Crippen molar-refractivity contribution in [2.45, 2.75) is 13.8 Å². The van der Waals surface area contributed by atoms with Crippen molar-refractivity contribution in [3.8, 4) is 0 Å². The van der Waals surface area contributed by atoms with Crippen LogP contribution in [0, 0.1) is 0 Å². The second kappa shape index (κ2) is 6.34. The molecule has 6 heteroatoms. The zero-order valence-electron chi connectivity index (χ0n) is 13.4. The molecule has 0 saturated carbocycles. The smallest absolute Gasteiger partial charge is 0.256 e. The summed E-state index contributed by atoms with van der Waals surface area (Å²) in [6, 6.07) is 5.29. The van der Waals surface area contributed by atoms with Gasteiger partial charge in [-0.1, -0.05) is 24.6 Å². The summed E-state index contributed by atoms with van der Waals surface area (Å²) in [7, 11) is 0. The van der Waals surface area contributed by atoms with Crippen LogP contribution in [0.25, 0.3) is 10.9 Å². The van der Waals surface area contributed by atoms with Gasteiger partial charge in [0.1, 0.15) is 0 Å². The van der Waals surface area contributed by atoms with Gasteiger partial charge in [-0.15, -0.1) is 0 Å². The minimum Gasteiger partial charge on any atom is -0.336 e. The van der Waals surface area contributed by atoms with Crippen LogP contribution in [0.15, 0.2) is 24.4 Å². The number of carbonyl (C=O) groups is 2. The summed E-state index contributed by atoms with van der Waals surface area (Å²) in [6.45, 7) is 7.82. The topological polar surface area (TPSA) is 45.5 Å². The third-order valence-electron chi connectivity index (χ3n) is 4.44. The maximum atomic E-state index is 12.9. The number of rotatable bonds is 2. The first-order valence-corrected chi connectivity index (χ1v) is 8.22. The first kappa shape index (κ1) is 16.0. The number of amides is 1. The van der Waals surface area contributed by atoms with Crippen molar-refractivity contribution in [2.75, 3.05) is 32.7 Å². The fourth-order valence-corrected chi connectivity index (χ4v) is 3.23. The number of hydrogen-bond donors (Lipinski definition) is 0. The number of carbonyl (C=O) groups excluding carboxylic acids is 2. The van der Waals surface area contributed by atoms with Crippen molar-refractivity contribution >= 4 is 34.3 Å². The molecule has 0 unspecified atom stereocenters. The molecule has 1 fully saturated rings. The zero-order chi connectivity index (χ0) is 16.6. The summed E-state index contributed by atoms with van der Waals surface area (Å²) < 4.78 is 1.50. The Morgan fingerprint density at radius 3 is 2.48 bits per heavy atom. The Balaban J connectivity index is 1.96. The van der Waals surface area contributed by atoms with E-state index >= 15 is 0 Å². The van der Waals surface area contributed by atoms with E-state index in [2.05, 4.69) is 11.8 Å². The summed E-state index contributed by atoms with van der Waals surface area (Å²) in [5, 5.41) is 1.32. The molecule has 122 valence electrons. The highest BCUT2D eigenvalue weighted by molar-refractivity contribution is 6.31. The highest BCUT2D eigenvalue weighted by Crippen LogP contribution is 2.26. The molecule has 0 atom stereocenters. The monoisotopic (exact) mass is 333 g/mol. The SMILES string of the molecule is CCN1CCN(C(=O)c2cn(C(C)=O)c3cc(Cl)ccc23)CC1. The van der Waals surface area contributed by atoms with Gasteiger partial charge in [-0.25, -0.2) is 0 Å². The van der Waals surface area contributed by atoms with Gasteiger partial charge in [0.2, 0.25) is 5.91 Å². The lowest BCUT2D eigenvalue weighted by molar-refractivity contribution is 0.0645. The van der Waals surface area contributed by atoms with E-state index in [1.165, 1.54) is 11.5 Å². The predicted molar refractivity (Wildman–Crippen MR) is 91.3 cm³/mol. The predicted octanol–water partition coefficient (Wildman–Crippen LogP) is 2.73. The van der Waals surface area contributed by atoms with Gasteiger partial charge in [0.25, 0.3) is 5.91 Å². The number of nitrogens with zero attached hydrogens (tertiary/aromatic N) is 3. The normalized spacial score (nSPS) is 16.0. The van der Waals surface area contributed by atoms with E-state index in [0.717, 1.165) is 25.0 Å². The number of likely N-dealkylation sites (N-methyl/N-ethyl adjacent to an activating group) is 1. The van der Waals surface area contributed by atoms with Crippen molar-refractivity contribution in [3.63, 3.8) is 0 Å². The zero-order valence-corrected chi connectivity index (χ0v) is 14.1. The van der Waals surface area contributed by atoms with Gasteiger partial charge in [0.15, 0.2) is 0 Å². The molecule has 3 rings (SSSR count). The first-order chi connectivity index (χ1) is 11.0. The average molecular weight is 334 g/mol. The lowest BCUT2D eigenvalue weighted by Gasteiger charge is -2.34. The summed E-state index contributed by atoms with van der Waals surface area (Å²) in [5.74, 6) is -0.153. The Hall–Kier alpha value is -1.85. The van der Waals surface area contributed by atoms with Gasteiger partial charge in [-0.3, -0.25) is 14.2 Å². The Bertz CT molecular complexity index is 761. The van der Waals surface area contributed by atoms with E-state index in [4.69, 9.17) is 11.6 Å². The van der Waals surface area contributed by atoms with E-state index in [0.29, 0.717) is 29.2 Å². The first-order valence-electron chi connectivity index (χ1n) is 7.84. The molecule has 2 heterocycles. The minimum atomic E-state index is -0.132. The number of aromatic nitrogens is 1. The maximum Gasteiger partial charge on any atom is 0.256 e. The second-order valence-corrected chi connectivity index (χ2v) is 6.26. The van der Waals surface area contributed by atoms with Gasteiger partial charge in [-0.05, 0) is 18.7 Å². The molecule has 1 saturated heterocycles. The quantitative estimate of drug-likeness (QED) is 0.849. The molecule has 2 aromatic rings. The number of halogens is 1. The Labute approximate surface area is 140 Å². The number of piperazine rings is 1. The Morgan fingerprint density at radius 1 is 1.17 bits per heavy atom. The minimum absolute atomic E-state index is 0.0203. The molecule has 23 heavy (non-hydrogen) atoms. The van der Waals surface area contributed by atoms with Crippen LogP contribution in [0.3, 0.4) is 0 Å². The van der Waals surface area contributed by atoms with Crippen LogP contribution >= 0.6 is 11.6 Å². The van der Waals surface area contributed by atoms with Gasteiger partial charge in [0.05, 0.1) is 11.1 Å². The molecule has 1 amide bonds. The Kier molecular flexibility index (Phi) is 4.41. The molecule has 1 aromatic heterocycles. The van der Waals surface area contributed by atoms with E-state index in [1.54, 1.807) is 18.3 Å². The molecule has 0 N–H and O–H groups in total. The van der Waals surface area contributed by atoms with Gasteiger partial charge < -0.3 is 9.80 Å². The summed E-state index contributed by atoms with van der Waals surface area (Å²) >= 11 is 6.04. The highest BCUT2D eigenvalue weighted by atomic mass is 35.5. The van der Waals surface area contributed by atoms with Crippen molar-refractivity contribution < 1.29 is 9.59 Å². The molecule has 0 spiro atoms. The number of fused-ring (bicyclic) bond motifs is 1. The van der Waals surface area contributed by atoms with Crippen LogP contribution in [0.5, 0.6) is 0 Å². The standard InChI is InChI=1S/C17H20ClN3O2/c1-3-19-6-8-20(9-7-19)17(23)15-11-21(12(2)22)16-10-13(18)4-5-14(15)16/h4-5,10-11H,3,6-9H2,1-2H3. The van der Waals surface area contributed by atoms with Gasteiger partial charge in [0, 0.05) is 49.7 Å². The average Bonchev–Trinajstić information content (AvgIpc) is 2.93. The molecular formula is C17H20ClN3O2. The van der Waals surface area contributed by atoms with Crippen molar-refractivity contribution in [3.05, 3.63) is 35.0 Å². The summed E-state index contributed by atoms with van der Waals surface area (Å²) in [5.41, 5.74) is 1.25. The van der Waals surface area contributed by atoms with Crippen LogP contribution in [0.1, 0.15) is 29.0 Å². The van der Waals surface area contributed by atoms with E-state index in [1.807, 2.05) is 11.0 Å².